The Hall–Kier alpha value is -1.90. The average Bonchev–Trinajstić information content (AvgIpc) is 2.63. The van der Waals surface area contributed by atoms with Gasteiger partial charge in [0.05, 0.1) is 19.2 Å². The molecule has 1 heterocycles. The molecule has 0 spiro atoms. The first-order chi connectivity index (χ1) is 12.2. The molecule has 1 atom stereocenters. The highest BCUT2D eigenvalue weighted by Gasteiger charge is 2.21. The minimum atomic E-state index is -0.470. The van der Waals surface area contributed by atoms with Gasteiger partial charge in [-0.3, -0.25) is 0 Å². The largest absolute Gasteiger partial charge is 0.493 e. The highest BCUT2D eigenvalue weighted by atomic mass is 127. The van der Waals surface area contributed by atoms with Crippen molar-refractivity contribution in [3.8, 4) is 5.75 Å². The number of para-hydroxylation sites is 1. The van der Waals surface area contributed by atoms with Crippen molar-refractivity contribution in [2.45, 2.75) is 25.9 Å². The number of guanidine groups is 1. The lowest BCUT2D eigenvalue weighted by Gasteiger charge is -2.28. The molecular weight excluding hydrogens is 451 g/mol. The van der Waals surface area contributed by atoms with Crippen molar-refractivity contribution in [2.75, 3.05) is 13.2 Å². The van der Waals surface area contributed by atoms with Gasteiger partial charge in [-0.1, -0.05) is 18.2 Å². The standard InChI is InChI=1S/C19H21F2N3O.HI/c1-2-22-19(23-12-13-11-14(20)7-8-16(13)21)24-17-9-10-25-18-6-4-3-5-15(17)18;/h3-8,11,17H,2,9-10,12H2,1H3,(H2,22,23,24);1H. The smallest absolute Gasteiger partial charge is 0.192 e. The van der Waals surface area contributed by atoms with Gasteiger partial charge in [0, 0.05) is 24.1 Å². The van der Waals surface area contributed by atoms with Crippen molar-refractivity contribution in [1.82, 2.24) is 10.6 Å². The van der Waals surface area contributed by atoms with Gasteiger partial charge in [-0.25, -0.2) is 13.8 Å². The highest BCUT2D eigenvalue weighted by Crippen LogP contribution is 2.31. The van der Waals surface area contributed by atoms with E-state index >= 15 is 0 Å². The number of nitrogens with one attached hydrogen (secondary N) is 2. The maximum atomic E-state index is 13.8. The van der Waals surface area contributed by atoms with Crippen molar-refractivity contribution in [3.05, 3.63) is 65.2 Å². The highest BCUT2D eigenvalue weighted by molar-refractivity contribution is 14.0. The minimum absolute atomic E-state index is 0. The minimum Gasteiger partial charge on any atom is -0.493 e. The zero-order chi connectivity index (χ0) is 17.6. The van der Waals surface area contributed by atoms with Crippen LogP contribution in [0.1, 0.15) is 30.5 Å². The van der Waals surface area contributed by atoms with E-state index in [2.05, 4.69) is 15.6 Å². The second kappa shape index (κ2) is 9.70. The molecule has 0 saturated carbocycles. The molecule has 1 unspecified atom stereocenters. The summed E-state index contributed by atoms with van der Waals surface area (Å²) in [5.74, 6) is 0.492. The number of ether oxygens (including phenoxy) is 1. The number of rotatable bonds is 4. The maximum absolute atomic E-state index is 13.8. The van der Waals surface area contributed by atoms with E-state index in [-0.39, 0.29) is 42.1 Å². The van der Waals surface area contributed by atoms with Gasteiger partial charge in [0.2, 0.25) is 0 Å². The first-order valence-corrected chi connectivity index (χ1v) is 8.38. The lowest BCUT2D eigenvalue weighted by molar-refractivity contribution is 0.261. The molecular formula is C19H22F2IN3O. The van der Waals surface area contributed by atoms with Crippen molar-refractivity contribution in [1.29, 1.82) is 0 Å². The molecule has 2 N–H and O–H groups in total. The van der Waals surface area contributed by atoms with Crippen LogP contribution in [0.3, 0.4) is 0 Å². The summed E-state index contributed by atoms with van der Waals surface area (Å²) in [5.41, 5.74) is 1.29. The molecule has 0 aliphatic carbocycles. The van der Waals surface area contributed by atoms with Gasteiger partial charge >= 0.3 is 0 Å². The zero-order valence-electron chi connectivity index (χ0n) is 14.5. The molecule has 2 aromatic carbocycles. The number of hydrogen-bond donors (Lipinski definition) is 2. The van der Waals surface area contributed by atoms with E-state index in [1.54, 1.807) is 0 Å². The van der Waals surface area contributed by atoms with Crippen LogP contribution in [0.25, 0.3) is 0 Å². The molecule has 0 fully saturated rings. The predicted octanol–water partition coefficient (Wildman–Crippen LogP) is 4.16. The van der Waals surface area contributed by atoms with E-state index in [0.717, 1.165) is 29.9 Å². The summed E-state index contributed by atoms with van der Waals surface area (Å²) < 4.78 is 32.7. The van der Waals surface area contributed by atoms with Gasteiger partial charge in [0.15, 0.2) is 5.96 Å². The van der Waals surface area contributed by atoms with Crippen LogP contribution in [0, 0.1) is 11.6 Å². The number of nitrogens with zero attached hydrogens (tertiary/aromatic N) is 1. The third kappa shape index (κ3) is 5.06. The summed E-state index contributed by atoms with van der Waals surface area (Å²) in [5, 5.41) is 6.51. The van der Waals surface area contributed by atoms with E-state index in [1.165, 1.54) is 6.07 Å². The predicted molar refractivity (Wildman–Crippen MR) is 109 cm³/mol. The Morgan fingerprint density at radius 3 is 2.85 bits per heavy atom. The second-order valence-electron chi connectivity index (χ2n) is 5.80. The van der Waals surface area contributed by atoms with Gasteiger partial charge in [0.1, 0.15) is 17.4 Å². The van der Waals surface area contributed by atoms with Gasteiger partial charge in [-0.05, 0) is 31.2 Å². The lowest BCUT2D eigenvalue weighted by Crippen LogP contribution is -2.41. The molecule has 4 nitrogen and oxygen atoms in total. The zero-order valence-corrected chi connectivity index (χ0v) is 16.8. The van der Waals surface area contributed by atoms with Crippen molar-refractivity contribution >= 4 is 29.9 Å². The van der Waals surface area contributed by atoms with E-state index in [0.29, 0.717) is 19.1 Å². The number of fused-ring (bicyclic) bond motifs is 1. The number of aliphatic imine (C=N–C) groups is 1. The first-order valence-electron chi connectivity index (χ1n) is 8.38. The summed E-state index contributed by atoms with van der Waals surface area (Å²) in [6.45, 7) is 3.30. The summed E-state index contributed by atoms with van der Waals surface area (Å²) >= 11 is 0. The summed E-state index contributed by atoms with van der Waals surface area (Å²) in [6, 6.07) is 11.3. The fourth-order valence-corrected chi connectivity index (χ4v) is 2.81. The Labute approximate surface area is 169 Å². The monoisotopic (exact) mass is 473 g/mol. The Bertz CT molecular complexity index is 770. The number of benzene rings is 2. The van der Waals surface area contributed by atoms with Crippen LogP contribution in [0.2, 0.25) is 0 Å². The normalized spacial score (nSPS) is 16.1. The summed E-state index contributed by atoms with van der Waals surface area (Å²) in [7, 11) is 0. The fourth-order valence-electron chi connectivity index (χ4n) is 2.81. The van der Waals surface area contributed by atoms with Gasteiger partial charge in [0.25, 0.3) is 0 Å². The molecule has 26 heavy (non-hydrogen) atoms. The topological polar surface area (TPSA) is 45.7 Å². The Morgan fingerprint density at radius 1 is 1.23 bits per heavy atom. The SMILES string of the molecule is CCNC(=NCc1cc(F)ccc1F)NC1CCOc2ccccc21.I. The van der Waals surface area contributed by atoms with Crippen LogP contribution in [0.15, 0.2) is 47.5 Å². The van der Waals surface area contributed by atoms with Gasteiger partial charge in [-0.2, -0.15) is 0 Å². The van der Waals surface area contributed by atoms with Crippen LogP contribution < -0.4 is 15.4 Å². The van der Waals surface area contributed by atoms with Crippen LogP contribution in [-0.2, 0) is 6.54 Å². The number of halogens is 3. The summed E-state index contributed by atoms with van der Waals surface area (Å²) in [4.78, 5) is 4.40. The van der Waals surface area contributed by atoms with E-state index in [1.807, 2.05) is 31.2 Å². The van der Waals surface area contributed by atoms with Crippen LogP contribution >= 0.6 is 24.0 Å². The van der Waals surface area contributed by atoms with Crippen molar-refractivity contribution in [3.63, 3.8) is 0 Å². The molecule has 2 aromatic rings. The van der Waals surface area contributed by atoms with Crippen LogP contribution in [-0.4, -0.2) is 19.1 Å². The average molecular weight is 473 g/mol. The molecule has 0 saturated heterocycles. The van der Waals surface area contributed by atoms with E-state index in [4.69, 9.17) is 4.74 Å². The molecule has 140 valence electrons. The molecule has 1 aliphatic heterocycles. The van der Waals surface area contributed by atoms with E-state index in [9.17, 15) is 8.78 Å². The Balaban J connectivity index is 0.00000243. The van der Waals surface area contributed by atoms with E-state index < -0.39 is 11.6 Å². The lowest BCUT2D eigenvalue weighted by atomic mass is 10.0. The summed E-state index contributed by atoms with van der Waals surface area (Å²) in [6.07, 6.45) is 0.801. The second-order valence-corrected chi connectivity index (χ2v) is 5.80. The Kier molecular flexibility index (Phi) is 7.62. The molecule has 0 aromatic heterocycles. The first kappa shape index (κ1) is 20.4. The van der Waals surface area contributed by atoms with Crippen molar-refractivity contribution in [2.24, 2.45) is 4.99 Å². The molecule has 3 rings (SSSR count). The maximum Gasteiger partial charge on any atom is 0.192 e. The molecule has 1 aliphatic rings. The molecule has 0 bridgehead atoms. The fraction of sp³-hybridized carbons (Fsp3) is 0.316. The molecule has 0 amide bonds. The molecule has 7 heteroatoms. The van der Waals surface area contributed by atoms with Crippen LogP contribution in [0.5, 0.6) is 5.75 Å². The molecule has 0 radical (unpaired) electrons. The third-order valence-electron chi connectivity index (χ3n) is 4.03. The number of hydrogen-bond acceptors (Lipinski definition) is 2. The van der Waals surface area contributed by atoms with Crippen LogP contribution in [0.4, 0.5) is 8.78 Å². The quantitative estimate of drug-likeness (QED) is 0.399. The Morgan fingerprint density at radius 2 is 2.04 bits per heavy atom. The van der Waals surface area contributed by atoms with Gasteiger partial charge < -0.3 is 15.4 Å². The van der Waals surface area contributed by atoms with Crippen molar-refractivity contribution < 1.29 is 13.5 Å². The van der Waals surface area contributed by atoms with Gasteiger partial charge in [-0.15, -0.1) is 24.0 Å². The third-order valence-corrected chi connectivity index (χ3v) is 4.03.